The molecule has 0 unspecified atom stereocenters. The summed E-state index contributed by atoms with van der Waals surface area (Å²) in [5, 5.41) is 8.80. The fourth-order valence-corrected chi connectivity index (χ4v) is 1.68. The highest BCUT2D eigenvalue weighted by Crippen LogP contribution is 2.15. The van der Waals surface area contributed by atoms with Crippen molar-refractivity contribution in [3.05, 3.63) is 42.0 Å². The van der Waals surface area contributed by atoms with E-state index >= 15 is 0 Å². The predicted octanol–water partition coefficient (Wildman–Crippen LogP) is 1.99. The van der Waals surface area contributed by atoms with Gasteiger partial charge in [0, 0.05) is 18.9 Å². The van der Waals surface area contributed by atoms with Crippen LogP contribution in [0.15, 0.2) is 30.5 Å². The van der Waals surface area contributed by atoms with Crippen LogP contribution in [0.3, 0.4) is 0 Å². The van der Waals surface area contributed by atoms with Crippen molar-refractivity contribution in [2.75, 3.05) is 17.7 Å². The molecule has 8 heteroatoms. The van der Waals surface area contributed by atoms with Gasteiger partial charge in [0.25, 0.3) is 0 Å². The molecular formula is C13H13FN4O3. The monoisotopic (exact) mass is 292 g/mol. The first-order valence-electron chi connectivity index (χ1n) is 5.95. The van der Waals surface area contributed by atoms with Gasteiger partial charge in [-0.3, -0.25) is 4.68 Å². The van der Waals surface area contributed by atoms with Crippen molar-refractivity contribution in [3.8, 4) is 0 Å². The van der Waals surface area contributed by atoms with E-state index in [2.05, 4.69) is 20.5 Å². The van der Waals surface area contributed by atoms with Gasteiger partial charge in [0.2, 0.25) is 0 Å². The largest absolute Gasteiger partial charge is 0.464 e. The topological polar surface area (TPSA) is 85.2 Å². The smallest absolute Gasteiger partial charge is 0.360 e. The van der Waals surface area contributed by atoms with E-state index in [1.807, 2.05) is 0 Å². The number of nitrogens with zero attached hydrogens (tertiary/aromatic N) is 2. The minimum atomic E-state index is -0.670. The molecule has 1 heterocycles. The van der Waals surface area contributed by atoms with Crippen LogP contribution < -0.4 is 10.6 Å². The molecule has 1 aromatic heterocycles. The van der Waals surface area contributed by atoms with Crippen LogP contribution in [0, 0.1) is 5.82 Å². The Hall–Kier alpha value is -2.90. The molecule has 7 nitrogen and oxygen atoms in total. The van der Waals surface area contributed by atoms with E-state index in [0.717, 1.165) is 0 Å². The molecule has 0 aliphatic heterocycles. The number of rotatable bonds is 3. The predicted molar refractivity (Wildman–Crippen MR) is 73.6 cm³/mol. The Balaban J connectivity index is 2.11. The third kappa shape index (κ3) is 3.56. The van der Waals surface area contributed by atoms with Crippen LogP contribution in [-0.2, 0) is 11.8 Å². The number of halogens is 1. The third-order valence-corrected chi connectivity index (χ3v) is 2.54. The number of anilines is 2. The lowest BCUT2D eigenvalue weighted by molar-refractivity contribution is 0.0594. The van der Waals surface area contributed by atoms with Crippen molar-refractivity contribution in [2.45, 2.75) is 0 Å². The molecule has 0 radical (unpaired) electrons. The Bertz CT molecular complexity index is 684. The summed E-state index contributed by atoms with van der Waals surface area (Å²) in [6.07, 6.45) is 1.46. The van der Waals surface area contributed by atoms with Crippen LogP contribution in [0.25, 0.3) is 0 Å². The zero-order chi connectivity index (χ0) is 15.4. The average Bonchev–Trinajstić information content (AvgIpc) is 2.78. The lowest BCUT2D eigenvalue weighted by Gasteiger charge is -2.07. The molecule has 2 rings (SSSR count). The summed E-state index contributed by atoms with van der Waals surface area (Å²) in [7, 11) is 2.82. The Morgan fingerprint density at radius 3 is 2.76 bits per heavy atom. The SMILES string of the molecule is COC(=O)c1nn(C)cc1NC(=O)Nc1cccc(F)c1. The fourth-order valence-electron chi connectivity index (χ4n) is 1.68. The molecule has 2 N–H and O–H groups in total. The number of nitrogens with one attached hydrogen (secondary N) is 2. The van der Waals surface area contributed by atoms with Crippen molar-refractivity contribution >= 4 is 23.4 Å². The van der Waals surface area contributed by atoms with Crippen LogP contribution in [0.4, 0.5) is 20.6 Å². The molecule has 0 saturated heterocycles. The molecule has 0 atom stereocenters. The Labute approximate surface area is 119 Å². The summed E-state index contributed by atoms with van der Waals surface area (Å²) in [4.78, 5) is 23.3. The van der Waals surface area contributed by atoms with E-state index in [4.69, 9.17) is 0 Å². The summed E-state index contributed by atoms with van der Waals surface area (Å²) in [6, 6.07) is 4.81. The van der Waals surface area contributed by atoms with Crippen LogP contribution in [0.2, 0.25) is 0 Å². The van der Waals surface area contributed by atoms with Crippen molar-refractivity contribution in [1.82, 2.24) is 9.78 Å². The van der Waals surface area contributed by atoms with Crippen LogP contribution >= 0.6 is 0 Å². The van der Waals surface area contributed by atoms with Crippen LogP contribution in [-0.4, -0.2) is 28.9 Å². The van der Waals surface area contributed by atoms with Crippen molar-refractivity contribution in [3.63, 3.8) is 0 Å². The molecule has 0 aliphatic rings. The Kier molecular flexibility index (Phi) is 4.17. The van der Waals surface area contributed by atoms with E-state index in [-0.39, 0.29) is 17.1 Å². The Morgan fingerprint density at radius 1 is 1.33 bits per heavy atom. The second-order valence-corrected chi connectivity index (χ2v) is 4.15. The van der Waals surface area contributed by atoms with Gasteiger partial charge in [0.1, 0.15) is 5.82 Å². The highest BCUT2D eigenvalue weighted by Gasteiger charge is 2.18. The van der Waals surface area contributed by atoms with Crippen LogP contribution in [0.5, 0.6) is 0 Å². The van der Waals surface area contributed by atoms with Gasteiger partial charge < -0.3 is 15.4 Å². The summed E-state index contributed by atoms with van der Waals surface area (Å²) in [5.41, 5.74) is 0.462. The number of hydrogen-bond donors (Lipinski definition) is 2. The van der Waals surface area contributed by atoms with E-state index in [1.54, 1.807) is 7.05 Å². The van der Waals surface area contributed by atoms with Crippen molar-refractivity contribution in [1.29, 1.82) is 0 Å². The number of methoxy groups -OCH3 is 1. The highest BCUT2D eigenvalue weighted by atomic mass is 19.1. The summed E-state index contributed by atoms with van der Waals surface area (Å²) in [6.45, 7) is 0. The maximum atomic E-state index is 13.0. The van der Waals surface area contributed by atoms with Gasteiger partial charge in [0.05, 0.1) is 12.8 Å². The summed E-state index contributed by atoms with van der Waals surface area (Å²) < 4.78 is 19.0. The number of benzene rings is 1. The van der Waals surface area contributed by atoms with E-state index in [1.165, 1.54) is 42.3 Å². The molecule has 2 amide bonds. The highest BCUT2D eigenvalue weighted by molar-refractivity contribution is 6.04. The molecule has 2 aromatic rings. The fraction of sp³-hybridized carbons (Fsp3) is 0.154. The van der Waals surface area contributed by atoms with E-state index in [9.17, 15) is 14.0 Å². The quantitative estimate of drug-likeness (QED) is 0.847. The number of ether oxygens (including phenoxy) is 1. The van der Waals surface area contributed by atoms with Crippen molar-refractivity contribution in [2.24, 2.45) is 7.05 Å². The standard InChI is InChI=1S/C13H13FN4O3/c1-18-7-10(11(17-18)12(19)21-2)16-13(20)15-9-5-3-4-8(14)6-9/h3-7H,1-2H3,(H2,15,16,20). The third-order valence-electron chi connectivity index (χ3n) is 2.54. The Morgan fingerprint density at radius 2 is 2.10 bits per heavy atom. The first-order valence-corrected chi connectivity index (χ1v) is 5.95. The van der Waals surface area contributed by atoms with Gasteiger partial charge in [-0.25, -0.2) is 14.0 Å². The maximum Gasteiger partial charge on any atom is 0.360 e. The van der Waals surface area contributed by atoms with Crippen molar-refractivity contribution < 1.29 is 18.7 Å². The summed E-state index contributed by atoms with van der Waals surface area (Å²) in [5.74, 6) is -1.14. The van der Waals surface area contributed by atoms with Crippen LogP contribution in [0.1, 0.15) is 10.5 Å². The van der Waals surface area contributed by atoms with E-state index < -0.39 is 17.8 Å². The number of amides is 2. The van der Waals surface area contributed by atoms with Gasteiger partial charge in [-0.1, -0.05) is 6.07 Å². The first-order chi connectivity index (χ1) is 9.99. The molecule has 21 heavy (non-hydrogen) atoms. The minimum Gasteiger partial charge on any atom is -0.464 e. The van der Waals surface area contributed by atoms with Gasteiger partial charge in [-0.05, 0) is 18.2 Å². The molecule has 1 aromatic carbocycles. The second kappa shape index (κ2) is 6.04. The number of esters is 1. The van der Waals surface area contributed by atoms with Gasteiger partial charge in [0.15, 0.2) is 5.69 Å². The van der Waals surface area contributed by atoms with Gasteiger partial charge >= 0.3 is 12.0 Å². The zero-order valence-electron chi connectivity index (χ0n) is 11.4. The normalized spacial score (nSPS) is 10.0. The van der Waals surface area contributed by atoms with Gasteiger partial charge in [-0.15, -0.1) is 0 Å². The molecule has 110 valence electrons. The molecule has 0 bridgehead atoms. The van der Waals surface area contributed by atoms with E-state index in [0.29, 0.717) is 0 Å². The minimum absolute atomic E-state index is 0.0191. The number of urea groups is 1. The lowest BCUT2D eigenvalue weighted by Crippen LogP contribution is -2.20. The molecule has 0 aliphatic carbocycles. The van der Waals surface area contributed by atoms with Gasteiger partial charge in [-0.2, -0.15) is 5.10 Å². The second-order valence-electron chi connectivity index (χ2n) is 4.15. The number of carbonyl (C=O) groups is 2. The number of hydrogen-bond acceptors (Lipinski definition) is 4. The first kappa shape index (κ1) is 14.5. The lowest BCUT2D eigenvalue weighted by atomic mass is 10.3. The molecule has 0 spiro atoms. The molecular weight excluding hydrogens is 279 g/mol. The summed E-state index contributed by atoms with van der Waals surface area (Å²) >= 11 is 0. The molecule has 0 fully saturated rings. The number of aromatic nitrogens is 2. The molecule has 0 saturated carbocycles. The number of carbonyl (C=O) groups excluding carboxylic acids is 2. The average molecular weight is 292 g/mol. The zero-order valence-corrected chi connectivity index (χ0v) is 11.4. The maximum absolute atomic E-state index is 13.0. The number of aryl methyl sites for hydroxylation is 1.